The zero-order chi connectivity index (χ0) is 26.5. The third-order valence-electron chi connectivity index (χ3n) is 8.43. The van der Waals surface area contributed by atoms with Crippen molar-refractivity contribution < 1.29 is 19.1 Å². The number of ketones is 3. The van der Waals surface area contributed by atoms with Crippen LogP contribution in [0.4, 0.5) is 0 Å². The smallest absolute Gasteiger partial charge is 0.228 e. The van der Waals surface area contributed by atoms with E-state index in [0.717, 1.165) is 56.1 Å². The summed E-state index contributed by atoms with van der Waals surface area (Å²) in [6.07, 6.45) is 9.25. The second kappa shape index (κ2) is 12.0. The number of allylic oxidation sites excluding steroid dienone is 2. The average Bonchev–Trinajstić information content (AvgIpc) is 3.34. The zero-order valence-electron chi connectivity index (χ0n) is 22.8. The van der Waals surface area contributed by atoms with Gasteiger partial charge in [-0.15, -0.1) is 0 Å². The molecule has 4 rings (SSSR count). The second-order valence-electron chi connectivity index (χ2n) is 11.1. The summed E-state index contributed by atoms with van der Waals surface area (Å²) in [7, 11) is 1.59. The Morgan fingerprint density at radius 2 is 1.73 bits per heavy atom. The summed E-state index contributed by atoms with van der Waals surface area (Å²) in [4.78, 5) is 39.3. The Morgan fingerprint density at radius 1 is 1.03 bits per heavy atom. The first-order valence-electron chi connectivity index (χ1n) is 13.9. The predicted molar refractivity (Wildman–Crippen MR) is 148 cm³/mol. The van der Waals surface area contributed by atoms with Crippen LogP contribution in [0.3, 0.4) is 0 Å². The quantitative estimate of drug-likeness (QED) is 0.243. The Balaban J connectivity index is 1.44. The summed E-state index contributed by atoms with van der Waals surface area (Å²) < 4.78 is 5.62. The molecule has 196 valence electrons. The Labute approximate surface area is 221 Å². The van der Waals surface area contributed by atoms with Crippen molar-refractivity contribution in [1.82, 2.24) is 0 Å². The van der Waals surface area contributed by atoms with Gasteiger partial charge in [0.05, 0.1) is 12.7 Å². The van der Waals surface area contributed by atoms with Gasteiger partial charge in [0, 0.05) is 17.9 Å². The standard InChI is InChI=1S/C33H40O4/c1-5-21(2)8-17-30(34)33(36)27-16-15-26-19-31(37-4)29(20-28(26)27)32(35)25-13-11-24(12-14-25)18-23-9-6-22(3)7-10-23/h6-7,9-10,16,19-21,24-25H,5,8,11-15,17-18H2,1-4H3. The average molecular weight is 501 g/mol. The van der Waals surface area contributed by atoms with E-state index in [9.17, 15) is 14.4 Å². The lowest BCUT2D eigenvalue weighted by Crippen LogP contribution is -2.23. The Bertz CT molecular complexity index is 1180. The van der Waals surface area contributed by atoms with Gasteiger partial charge in [-0.05, 0) is 92.5 Å². The van der Waals surface area contributed by atoms with E-state index in [0.29, 0.717) is 35.1 Å². The number of benzene rings is 2. The summed E-state index contributed by atoms with van der Waals surface area (Å²) in [5.41, 5.74) is 5.28. The Morgan fingerprint density at radius 3 is 2.38 bits per heavy atom. The van der Waals surface area contributed by atoms with E-state index in [-0.39, 0.29) is 23.9 Å². The molecule has 2 aliphatic carbocycles. The van der Waals surface area contributed by atoms with Crippen molar-refractivity contribution in [2.45, 2.75) is 78.6 Å². The van der Waals surface area contributed by atoms with Gasteiger partial charge in [0.1, 0.15) is 5.75 Å². The van der Waals surface area contributed by atoms with Gasteiger partial charge in [-0.2, -0.15) is 0 Å². The van der Waals surface area contributed by atoms with Crippen molar-refractivity contribution in [2.75, 3.05) is 7.11 Å². The monoisotopic (exact) mass is 500 g/mol. The molecule has 2 aromatic carbocycles. The lowest BCUT2D eigenvalue weighted by molar-refractivity contribution is -0.133. The van der Waals surface area contributed by atoms with Crippen molar-refractivity contribution in [3.63, 3.8) is 0 Å². The molecule has 2 aliphatic rings. The Hall–Kier alpha value is -3.01. The number of methoxy groups -OCH3 is 1. The number of fused-ring (bicyclic) bond motifs is 1. The van der Waals surface area contributed by atoms with Crippen LogP contribution in [0.5, 0.6) is 5.75 Å². The predicted octanol–water partition coefficient (Wildman–Crippen LogP) is 7.14. The fourth-order valence-electron chi connectivity index (χ4n) is 5.69. The van der Waals surface area contributed by atoms with Gasteiger partial charge in [-0.3, -0.25) is 14.4 Å². The minimum absolute atomic E-state index is 0.0390. The maximum atomic E-state index is 13.7. The molecule has 0 heterocycles. The number of Topliss-reactive ketones (excluding diaryl/α,β-unsaturated/α-hetero) is 3. The van der Waals surface area contributed by atoms with E-state index >= 15 is 0 Å². The molecule has 0 aliphatic heterocycles. The van der Waals surface area contributed by atoms with Crippen molar-refractivity contribution in [3.05, 3.63) is 70.3 Å². The lowest BCUT2D eigenvalue weighted by atomic mass is 9.76. The van der Waals surface area contributed by atoms with Crippen molar-refractivity contribution >= 4 is 22.9 Å². The number of rotatable bonds is 11. The minimum atomic E-state index is -0.428. The van der Waals surface area contributed by atoms with Crippen LogP contribution in [-0.2, 0) is 22.4 Å². The van der Waals surface area contributed by atoms with Crippen molar-refractivity contribution in [1.29, 1.82) is 0 Å². The van der Waals surface area contributed by atoms with Gasteiger partial charge in [-0.25, -0.2) is 0 Å². The van der Waals surface area contributed by atoms with Crippen LogP contribution in [0.2, 0.25) is 0 Å². The topological polar surface area (TPSA) is 60.4 Å². The molecular weight excluding hydrogens is 460 g/mol. The van der Waals surface area contributed by atoms with Crippen LogP contribution in [0, 0.1) is 24.7 Å². The highest BCUT2D eigenvalue weighted by molar-refractivity contribution is 6.54. The van der Waals surface area contributed by atoms with E-state index < -0.39 is 5.78 Å². The van der Waals surface area contributed by atoms with E-state index in [1.165, 1.54) is 11.1 Å². The molecule has 0 spiro atoms. The molecule has 0 radical (unpaired) electrons. The van der Waals surface area contributed by atoms with Gasteiger partial charge >= 0.3 is 0 Å². The highest BCUT2D eigenvalue weighted by Gasteiger charge is 2.32. The molecule has 1 atom stereocenters. The first-order valence-corrected chi connectivity index (χ1v) is 13.9. The fraction of sp³-hybridized carbons (Fsp3) is 0.485. The number of carbonyl (C=O) groups is 3. The van der Waals surface area contributed by atoms with Crippen LogP contribution in [-0.4, -0.2) is 24.5 Å². The fourth-order valence-corrected chi connectivity index (χ4v) is 5.69. The molecule has 4 heteroatoms. The second-order valence-corrected chi connectivity index (χ2v) is 11.1. The molecule has 0 saturated heterocycles. The van der Waals surface area contributed by atoms with Crippen molar-refractivity contribution in [3.8, 4) is 5.75 Å². The summed E-state index contributed by atoms with van der Waals surface area (Å²) in [6.45, 7) is 6.30. The normalized spacial score (nSPS) is 19.6. The van der Waals surface area contributed by atoms with E-state index in [1.807, 2.05) is 18.2 Å². The van der Waals surface area contributed by atoms with Gasteiger partial charge in [0.25, 0.3) is 0 Å². The van der Waals surface area contributed by atoms with Gasteiger partial charge < -0.3 is 4.74 Å². The van der Waals surface area contributed by atoms with Crippen LogP contribution in [0.25, 0.3) is 5.57 Å². The number of hydrogen-bond acceptors (Lipinski definition) is 4. The molecule has 0 bridgehead atoms. The molecular formula is C33H40O4. The largest absolute Gasteiger partial charge is 0.496 e. The maximum Gasteiger partial charge on any atom is 0.228 e. The van der Waals surface area contributed by atoms with Crippen LogP contribution < -0.4 is 4.74 Å². The van der Waals surface area contributed by atoms with Gasteiger partial charge in [0.2, 0.25) is 11.6 Å². The molecule has 1 unspecified atom stereocenters. The SMILES string of the molecule is CCC(C)CCC(=O)C(=O)C1=CCc2cc(OC)c(C(=O)C3CCC(Cc4ccc(C)cc4)CC3)cc21. The Kier molecular flexibility index (Phi) is 8.79. The van der Waals surface area contributed by atoms with Crippen LogP contribution in [0.1, 0.15) is 91.4 Å². The van der Waals surface area contributed by atoms with E-state index in [4.69, 9.17) is 4.74 Å². The highest BCUT2D eigenvalue weighted by atomic mass is 16.5. The summed E-state index contributed by atoms with van der Waals surface area (Å²) in [5.74, 6) is 0.871. The van der Waals surface area contributed by atoms with Crippen LogP contribution >= 0.6 is 0 Å². The molecule has 0 aromatic heterocycles. The molecule has 37 heavy (non-hydrogen) atoms. The lowest BCUT2D eigenvalue weighted by Gasteiger charge is -2.28. The first-order chi connectivity index (χ1) is 17.8. The minimum Gasteiger partial charge on any atom is -0.496 e. The summed E-state index contributed by atoms with van der Waals surface area (Å²) in [5, 5.41) is 0. The first kappa shape index (κ1) is 27.0. The van der Waals surface area contributed by atoms with Crippen LogP contribution in [0.15, 0.2) is 42.5 Å². The number of hydrogen-bond donors (Lipinski definition) is 0. The third kappa shape index (κ3) is 6.29. The summed E-state index contributed by atoms with van der Waals surface area (Å²) in [6, 6.07) is 12.4. The molecule has 1 fully saturated rings. The molecule has 2 aromatic rings. The molecule has 0 N–H and O–H groups in total. The number of aryl methyl sites for hydroxylation is 1. The maximum absolute atomic E-state index is 13.7. The highest BCUT2D eigenvalue weighted by Crippen LogP contribution is 2.38. The zero-order valence-corrected chi connectivity index (χ0v) is 22.8. The molecule has 1 saturated carbocycles. The van der Waals surface area contributed by atoms with Gasteiger partial charge in [-0.1, -0.05) is 56.2 Å². The third-order valence-corrected chi connectivity index (χ3v) is 8.43. The molecule has 4 nitrogen and oxygen atoms in total. The van der Waals surface area contributed by atoms with E-state index in [2.05, 4.69) is 45.0 Å². The summed E-state index contributed by atoms with van der Waals surface area (Å²) >= 11 is 0. The number of ether oxygens (including phenoxy) is 1. The van der Waals surface area contributed by atoms with Crippen molar-refractivity contribution in [2.24, 2.45) is 17.8 Å². The molecule has 0 amide bonds. The van der Waals surface area contributed by atoms with Gasteiger partial charge in [0.15, 0.2) is 5.78 Å². The number of carbonyl (C=O) groups excluding carboxylic acids is 3. The van der Waals surface area contributed by atoms with E-state index in [1.54, 1.807) is 7.11 Å².